The van der Waals surface area contributed by atoms with E-state index in [0.29, 0.717) is 69.4 Å². The van der Waals surface area contributed by atoms with Crippen LogP contribution in [0, 0.1) is 0 Å². The van der Waals surface area contributed by atoms with Gasteiger partial charge in [0.05, 0.1) is 0 Å². The van der Waals surface area contributed by atoms with Crippen LogP contribution in [-0.4, -0.2) is 91.5 Å². The summed E-state index contributed by atoms with van der Waals surface area (Å²) in [5.74, 6) is 6.41. The molecule has 0 aromatic heterocycles. The Labute approximate surface area is 251 Å². The van der Waals surface area contributed by atoms with Crippen LogP contribution in [0.2, 0.25) is 0 Å². The second-order valence-corrected chi connectivity index (χ2v) is 9.66. The van der Waals surface area contributed by atoms with Crippen LogP contribution in [-0.2, 0) is 14.5 Å². The molecule has 2 aliphatic carbocycles. The van der Waals surface area contributed by atoms with E-state index in [2.05, 4.69) is 22.1 Å². The van der Waals surface area contributed by atoms with Crippen LogP contribution < -0.4 is 15.2 Å². The standard InChI is InChI=1S/C32H37N5O6/c1-3-40-34-22-24-5-9-27(10-6-24)42-29-19-26(32(39)37-17-15-36(16-18-37)31(38)13-14-33)20-30(21-29)43-28-11-7-25(8-12-28)23-35-41-4-2/h5-12,19-21,27-28H,3-4,13-18,33H2,1-2H3. The van der Waals surface area contributed by atoms with Crippen LogP contribution in [0.5, 0.6) is 11.5 Å². The minimum absolute atomic E-state index is 0.00666. The van der Waals surface area contributed by atoms with Crippen molar-refractivity contribution in [2.75, 3.05) is 45.9 Å². The van der Waals surface area contributed by atoms with Gasteiger partial charge in [0.1, 0.15) is 36.9 Å². The van der Waals surface area contributed by atoms with Gasteiger partial charge in [-0.05, 0) is 84.9 Å². The van der Waals surface area contributed by atoms with E-state index in [4.69, 9.17) is 24.9 Å². The van der Waals surface area contributed by atoms with Crippen molar-refractivity contribution in [3.05, 3.63) is 83.5 Å². The molecule has 1 aliphatic heterocycles. The molecule has 0 radical (unpaired) electrons. The number of hydrogen-bond acceptors (Lipinski definition) is 9. The second-order valence-electron chi connectivity index (χ2n) is 9.66. The highest BCUT2D eigenvalue weighted by Crippen LogP contribution is 2.28. The Morgan fingerprint density at radius 2 is 1.26 bits per heavy atom. The van der Waals surface area contributed by atoms with E-state index >= 15 is 0 Å². The highest BCUT2D eigenvalue weighted by Gasteiger charge is 2.25. The van der Waals surface area contributed by atoms with E-state index in [1.54, 1.807) is 28.0 Å². The summed E-state index contributed by atoms with van der Waals surface area (Å²) in [5.41, 5.74) is 7.46. The average Bonchev–Trinajstić information content (AvgIpc) is 3.03. The lowest BCUT2D eigenvalue weighted by Gasteiger charge is -2.35. The van der Waals surface area contributed by atoms with Gasteiger partial charge in [0.2, 0.25) is 5.91 Å². The molecule has 43 heavy (non-hydrogen) atoms. The fourth-order valence-corrected chi connectivity index (χ4v) is 4.41. The quantitative estimate of drug-likeness (QED) is 0.311. The number of amides is 2. The molecule has 2 N–H and O–H groups in total. The lowest BCUT2D eigenvalue weighted by molar-refractivity contribution is -0.132. The first-order valence-corrected chi connectivity index (χ1v) is 14.4. The molecule has 1 heterocycles. The molecule has 1 saturated heterocycles. The molecule has 2 amide bonds. The van der Waals surface area contributed by atoms with Gasteiger partial charge in [-0.3, -0.25) is 9.59 Å². The van der Waals surface area contributed by atoms with Gasteiger partial charge in [-0.2, -0.15) is 0 Å². The SMILES string of the molecule is CCON=C=C1C=CC(Oc2cc(OC3C=CC(=C=NOCC)C=C3)cc(C(=O)N3CCN(C(=O)CCN)CC3)c2)C=C1. The van der Waals surface area contributed by atoms with Crippen molar-refractivity contribution >= 4 is 23.6 Å². The molecule has 3 aliphatic rings. The van der Waals surface area contributed by atoms with Gasteiger partial charge in [-0.1, -0.05) is 0 Å². The molecule has 0 bridgehead atoms. The van der Waals surface area contributed by atoms with E-state index in [1.165, 1.54) is 0 Å². The van der Waals surface area contributed by atoms with Gasteiger partial charge in [0, 0.05) is 73.7 Å². The summed E-state index contributed by atoms with van der Waals surface area (Å²) in [7, 11) is 0. The molecule has 0 spiro atoms. The summed E-state index contributed by atoms with van der Waals surface area (Å²) in [6, 6.07) is 5.18. The third-order valence-electron chi connectivity index (χ3n) is 6.55. The van der Waals surface area contributed by atoms with E-state index in [9.17, 15) is 9.59 Å². The average molecular weight is 588 g/mol. The molecule has 1 fully saturated rings. The molecular formula is C32H37N5O6. The Balaban J connectivity index is 1.51. The minimum Gasteiger partial charge on any atom is -0.482 e. The van der Waals surface area contributed by atoms with Crippen LogP contribution in [0.1, 0.15) is 30.6 Å². The van der Waals surface area contributed by atoms with Gasteiger partial charge < -0.3 is 34.7 Å². The highest BCUT2D eigenvalue weighted by molar-refractivity contribution is 5.95. The topological polar surface area (TPSA) is 128 Å². The van der Waals surface area contributed by atoms with Crippen molar-refractivity contribution in [1.82, 2.24) is 9.80 Å². The Morgan fingerprint density at radius 1 is 0.791 bits per heavy atom. The second kappa shape index (κ2) is 16.0. The fourth-order valence-electron chi connectivity index (χ4n) is 4.41. The number of benzene rings is 1. The first-order valence-electron chi connectivity index (χ1n) is 14.4. The summed E-state index contributed by atoms with van der Waals surface area (Å²) < 4.78 is 12.4. The predicted molar refractivity (Wildman–Crippen MR) is 163 cm³/mol. The Morgan fingerprint density at radius 3 is 1.70 bits per heavy atom. The van der Waals surface area contributed by atoms with Gasteiger partial charge in [0.25, 0.3) is 5.91 Å². The number of nitrogens with two attached hydrogens (primary N) is 1. The number of piperazine rings is 1. The van der Waals surface area contributed by atoms with Crippen molar-refractivity contribution in [3.63, 3.8) is 0 Å². The van der Waals surface area contributed by atoms with Gasteiger partial charge in [-0.15, -0.1) is 0 Å². The van der Waals surface area contributed by atoms with Gasteiger partial charge >= 0.3 is 0 Å². The number of carbonyl (C=O) groups is 2. The number of rotatable bonds is 11. The highest BCUT2D eigenvalue weighted by atomic mass is 16.6. The van der Waals surface area contributed by atoms with Crippen molar-refractivity contribution in [1.29, 1.82) is 0 Å². The van der Waals surface area contributed by atoms with Crippen molar-refractivity contribution < 1.29 is 28.7 Å². The van der Waals surface area contributed by atoms with Crippen LogP contribution in [0.3, 0.4) is 0 Å². The van der Waals surface area contributed by atoms with Crippen LogP contribution in [0.15, 0.2) is 88.3 Å². The molecular weight excluding hydrogens is 550 g/mol. The number of carbonyl (C=O) groups excluding carboxylic acids is 2. The molecule has 4 rings (SSSR count). The van der Waals surface area contributed by atoms with Crippen LogP contribution >= 0.6 is 0 Å². The van der Waals surface area contributed by atoms with Crippen LogP contribution in [0.4, 0.5) is 0 Å². The maximum atomic E-state index is 13.6. The van der Waals surface area contributed by atoms with Crippen molar-refractivity contribution in [2.24, 2.45) is 16.0 Å². The minimum atomic E-state index is -0.375. The summed E-state index contributed by atoms with van der Waals surface area (Å²) in [4.78, 5) is 39.3. The predicted octanol–water partition coefficient (Wildman–Crippen LogP) is 3.16. The number of ether oxygens (including phenoxy) is 2. The zero-order valence-electron chi connectivity index (χ0n) is 24.5. The third-order valence-corrected chi connectivity index (χ3v) is 6.55. The molecule has 1 aromatic carbocycles. The Hall–Kier alpha value is -4.82. The third kappa shape index (κ3) is 9.34. The van der Waals surface area contributed by atoms with Crippen LogP contribution in [0.25, 0.3) is 0 Å². The first kappa shape index (κ1) is 31.1. The fraction of sp³-hybridized carbons (Fsp3) is 0.375. The number of allylic oxidation sites excluding steroid dienone is 6. The normalized spacial score (nSPS) is 19.0. The summed E-state index contributed by atoms with van der Waals surface area (Å²) in [5, 5.41) is 7.53. The lowest BCUT2D eigenvalue weighted by atomic mass is 10.1. The molecule has 226 valence electrons. The summed E-state index contributed by atoms with van der Waals surface area (Å²) in [6.07, 6.45) is 14.3. The van der Waals surface area contributed by atoms with E-state index in [-0.39, 0.29) is 24.0 Å². The molecule has 0 unspecified atom stereocenters. The molecule has 1 aromatic rings. The first-order chi connectivity index (χ1) is 21.0. The monoisotopic (exact) mass is 587 g/mol. The molecule has 11 nitrogen and oxygen atoms in total. The molecule has 0 atom stereocenters. The molecule has 0 saturated carbocycles. The Bertz CT molecular complexity index is 1300. The Kier molecular flexibility index (Phi) is 11.6. The molecule has 11 heteroatoms. The number of hydrogen-bond donors (Lipinski definition) is 1. The van der Waals surface area contributed by atoms with E-state index < -0.39 is 0 Å². The zero-order chi connectivity index (χ0) is 30.4. The lowest BCUT2D eigenvalue weighted by Crippen LogP contribution is -2.50. The maximum absolute atomic E-state index is 13.6. The largest absolute Gasteiger partial charge is 0.482 e. The maximum Gasteiger partial charge on any atom is 0.254 e. The summed E-state index contributed by atoms with van der Waals surface area (Å²) >= 11 is 0. The summed E-state index contributed by atoms with van der Waals surface area (Å²) in [6.45, 7) is 6.71. The zero-order valence-corrected chi connectivity index (χ0v) is 24.5. The van der Waals surface area contributed by atoms with E-state index in [0.717, 1.165) is 11.1 Å². The van der Waals surface area contributed by atoms with Gasteiger partial charge in [-0.25, -0.2) is 0 Å². The van der Waals surface area contributed by atoms with Gasteiger partial charge in [0.15, 0.2) is 0 Å². The van der Waals surface area contributed by atoms with Crippen molar-refractivity contribution in [2.45, 2.75) is 32.5 Å². The smallest absolute Gasteiger partial charge is 0.254 e. The number of nitrogens with zero attached hydrogens (tertiary/aromatic N) is 4. The van der Waals surface area contributed by atoms with E-state index in [1.807, 2.05) is 62.5 Å². The van der Waals surface area contributed by atoms with Crippen molar-refractivity contribution in [3.8, 4) is 11.5 Å².